The number of ether oxygens (including phenoxy) is 1. The lowest BCUT2D eigenvalue weighted by Gasteiger charge is -2.05. The van der Waals surface area contributed by atoms with E-state index in [2.05, 4.69) is 26.1 Å². The Kier molecular flexibility index (Phi) is 8.01. The molecule has 0 unspecified atom stereocenters. The molecule has 3 amide bonds. The Morgan fingerprint density at radius 2 is 1.89 bits per heavy atom. The number of urea groups is 1. The van der Waals surface area contributed by atoms with Crippen LogP contribution in [0.15, 0.2) is 28.6 Å². The van der Waals surface area contributed by atoms with Crippen LogP contribution >= 0.6 is 23.1 Å². The summed E-state index contributed by atoms with van der Waals surface area (Å²) in [6.07, 6.45) is 0. The fourth-order valence-electron chi connectivity index (χ4n) is 1.78. The van der Waals surface area contributed by atoms with E-state index in [1.54, 1.807) is 19.1 Å². The minimum atomic E-state index is -0.488. The molecule has 0 aliphatic heterocycles. The maximum Gasteiger partial charge on any atom is 0.325 e. The van der Waals surface area contributed by atoms with Gasteiger partial charge in [0.1, 0.15) is 6.54 Å². The summed E-state index contributed by atoms with van der Waals surface area (Å²) in [6, 6.07) is 6.94. The molecule has 9 nitrogen and oxygen atoms in total. The number of benzene rings is 1. The minimum Gasteiger partial charge on any atom is -0.465 e. The summed E-state index contributed by atoms with van der Waals surface area (Å²) in [5, 5.41) is 15.8. The largest absolute Gasteiger partial charge is 0.465 e. The highest BCUT2D eigenvalue weighted by atomic mass is 32.2. The van der Waals surface area contributed by atoms with Crippen molar-refractivity contribution in [1.29, 1.82) is 0 Å². The molecule has 0 fully saturated rings. The molecule has 0 aliphatic rings. The van der Waals surface area contributed by atoms with E-state index in [0.29, 0.717) is 15.2 Å². The number of rotatable bonds is 8. The van der Waals surface area contributed by atoms with Crippen molar-refractivity contribution in [3.05, 3.63) is 29.8 Å². The molecule has 11 heteroatoms. The molecule has 2 aromatic rings. The molecule has 0 radical (unpaired) electrons. The summed E-state index contributed by atoms with van der Waals surface area (Å²) in [5.74, 6) is -0.739. The SMILES string of the molecule is CCOC(=O)CNC(=O)CSc1nnc(NC(=O)Nc2ccc(C)cc2)s1. The third kappa shape index (κ3) is 7.62. The fourth-order valence-corrected chi connectivity index (χ4v) is 3.35. The number of aryl methyl sites for hydroxylation is 1. The fraction of sp³-hybridized carbons (Fsp3) is 0.312. The molecular weight excluding hydrogens is 390 g/mol. The molecule has 1 aromatic carbocycles. The number of carbonyl (C=O) groups is 3. The first-order valence-corrected chi connectivity index (χ1v) is 9.79. The van der Waals surface area contributed by atoms with Crippen LogP contribution in [0.3, 0.4) is 0 Å². The van der Waals surface area contributed by atoms with Gasteiger partial charge in [0.25, 0.3) is 0 Å². The second kappa shape index (κ2) is 10.5. The van der Waals surface area contributed by atoms with E-state index < -0.39 is 12.0 Å². The van der Waals surface area contributed by atoms with Gasteiger partial charge in [0.15, 0.2) is 4.34 Å². The van der Waals surface area contributed by atoms with Crippen molar-refractivity contribution in [2.75, 3.05) is 29.5 Å². The molecule has 0 aliphatic carbocycles. The van der Waals surface area contributed by atoms with Crippen LogP contribution in [0.1, 0.15) is 12.5 Å². The van der Waals surface area contributed by atoms with Crippen molar-refractivity contribution in [2.45, 2.75) is 18.2 Å². The number of aromatic nitrogens is 2. The summed E-state index contributed by atoms with van der Waals surface area (Å²) >= 11 is 2.30. The van der Waals surface area contributed by atoms with Crippen LogP contribution in [0.5, 0.6) is 0 Å². The monoisotopic (exact) mass is 409 g/mol. The summed E-state index contributed by atoms with van der Waals surface area (Å²) in [7, 11) is 0. The average molecular weight is 409 g/mol. The van der Waals surface area contributed by atoms with Gasteiger partial charge in [-0.1, -0.05) is 40.8 Å². The zero-order valence-corrected chi connectivity index (χ0v) is 16.4. The first-order chi connectivity index (χ1) is 13.0. The van der Waals surface area contributed by atoms with Crippen LogP contribution in [0.25, 0.3) is 0 Å². The van der Waals surface area contributed by atoms with Crippen LogP contribution in [0.2, 0.25) is 0 Å². The van der Waals surface area contributed by atoms with Gasteiger partial charge in [0.05, 0.1) is 12.4 Å². The highest BCUT2D eigenvalue weighted by Crippen LogP contribution is 2.25. The van der Waals surface area contributed by atoms with Crippen LogP contribution in [-0.4, -0.2) is 47.0 Å². The van der Waals surface area contributed by atoms with E-state index in [-0.39, 0.29) is 24.8 Å². The Morgan fingerprint density at radius 3 is 2.59 bits per heavy atom. The number of nitrogens with zero attached hydrogens (tertiary/aromatic N) is 2. The molecule has 1 aromatic heterocycles. The number of anilines is 2. The molecule has 0 atom stereocenters. The zero-order chi connectivity index (χ0) is 19.6. The molecule has 0 bridgehead atoms. The van der Waals surface area contributed by atoms with E-state index >= 15 is 0 Å². The van der Waals surface area contributed by atoms with E-state index in [1.165, 1.54) is 0 Å². The molecule has 0 saturated heterocycles. The van der Waals surface area contributed by atoms with Gasteiger partial charge < -0.3 is 15.4 Å². The number of esters is 1. The van der Waals surface area contributed by atoms with Crippen LogP contribution in [0.4, 0.5) is 15.6 Å². The van der Waals surface area contributed by atoms with Crippen LogP contribution in [0, 0.1) is 6.92 Å². The molecule has 3 N–H and O–H groups in total. The Morgan fingerprint density at radius 1 is 1.15 bits per heavy atom. The predicted molar refractivity (Wildman–Crippen MR) is 104 cm³/mol. The number of amides is 3. The molecule has 1 heterocycles. The summed E-state index contributed by atoms with van der Waals surface area (Å²) in [5.41, 5.74) is 1.76. The van der Waals surface area contributed by atoms with Crippen LogP contribution in [-0.2, 0) is 14.3 Å². The second-order valence-electron chi connectivity index (χ2n) is 5.19. The van der Waals surface area contributed by atoms with Crippen molar-refractivity contribution in [3.63, 3.8) is 0 Å². The maximum atomic E-state index is 11.9. The highest BCUT2D eigenvalue weighted by molar-refractivity contribution is 8.01. The Labute approximate surface area is 164 Å². The summed E-state index contributed by atoms with van der Waals surface area (Å²) in [4.78, 5) is 34.8. The smallest absolute Gasteiger partial charge is 0.325 e. The maximum absolute atomic E-state index is 11.9. The third-order valence-electron chi connectivity index (χ3n) is 3.00. The number of thioether (sulfide) groups is 1. The zero-order valence-electron chi connectivity index (χ0n) is 14.8. The highest BCUT2D eigenvalue weighted by Gasteiger charge is 2.11. The van der Waals surface area contributed by atoms with Crippen LogP contribution < -0.4 is 16.0 Å². The van der Waals surface area contributed by atoms with E-state index in [4.69, 9.17) is 4.74 Å². The third-order valence-corrected chi connectivity index (χ3v) is 4.97. The number of hydrogen-bond donors (Lipinski definition) is 3. The van der Waals surface area contributed by atoms with E-state index in [9.17, 15) is 14.4 Å². The van der Waals surface area contributed by atoms with Crippen molar-refractivity contribution in [3.8, 4) is 0 Å². The van der Waals surface area contributed by atoms with Gasteiger partial charge in [-0.15, -0.1) is 10.2 Å². The van der Waals surface area contributed by atoms with Crippen molar-refractivity contribution < 1.29 is 19.1 Å². The lowest BCUT2D eigenvalue weighted by molar-refractivity contribution is -0.143. The normalized spacial score (nSPS) is 10.1. The summed E-state index contributed by atoms with van der Waals surface area (Å²) < 4.78 is 5.24. The lowest BCUT2D eigenvalue weighted by Crippen LogP contribution is -2.31. The first kappa shape index (κ1) is 20.6. The van der Waals surface area contributed by atoms with Gasteiger partial charge in [-0.25, -0.2) is 4.79 Å². The molecule has 144 valence electrons. The standard InChI is InChI=1S/C16H19N5O4S2/c1-3-25-13(23)8-17-12(22)9-26-16-21-20-15(27-16)19-14(24)18-11-6-4-10(2)5-7-11/h4-7H,3,8-9H2,1-2H3,(H,17,22)(H2,18,19,20,24). The number of hydrogen-bond acceptors (Lipinski definition) is 8. The molecular formula is C16H19N5O4S2. The van der Waals surface area contributed by atoms with E-state index in [0.717, 1.165) is 28.7 Å². The topological polar surface area (TPSA) is 122 Å². The average Bonchev–Trinajstić information content (AvgIpc) is 3.07. The Hall–Kier alpha value is -2.66. The van der Waals surface area contributed by atoms with Crippen molar-refractivity contribution in [1.82, 2.24) is 15.5 Å². The Balaban J connectivity index is 1.74. The lowest BCUT2D eigenvalue weighted by atomic mass is 10.2. The molecule has 0 saturated carbocycles. The van der Waals surface area contributed by atoms with Crippen molar-refractivity contribution in [2.24, 2.45) is 0 Å². The molecule has 2 rings (SSSR count). The molecule has 27 heavy (non-hydrogen) atoms. The van der Waals surface area contributed by atoms with Gasteiger partial charge >= 0.3 is 12.0 Å². The van der Waals surface area contributed by atoms with Crippen molar-refractivity contribution >= 4 is 51.8 Å². The number of nitrogens with one attached hydrogen (secondary N) is 3. The van der Waals surface area contributed by atoms with Gasteiger partial charge in [-0.05, 0) is 26.0 Å². The Bertz CT molecular complexity index is 794. The predicted octanol–water partition coefficient (Wildman–Crippen LogP) is 2.26. The van der Waals surface area contributed by atoms with E-state index in [1.807, 2.05) is 19.1 Å². The van der Waals surface area contributed by atoms with Gasteiger partial charge in [-0.2, -0.15) is 0 Å². The van der Waals surface area contributed by atoms with Gasteiger partial charge in [0, 0.05) is 5.69 Å². The molecule has 0 spiro atoms. The quantitative estimate of drug-likeness (QED) is 0.347. The van der Waals surface area contributed by atoms with Gasteiger partial charge in [-0.3, -0.25) is 14.9 Å². The minimum absolute atomic E-state index is 0.0730. The van der Waals surface area contributed by atoms with Gasteiger partial charge in [0.2, 0.25) is 11.0 Å². The second-order valence-corrected chi connectivity index (χ2v) is 7.39. The summed E-state index contributed by atoms with van der Waals surface area (Å²) in [6.45, 7) is 3.75. The number of carbonyl (C=O) groups excluding carboxylic acids is 3. The first-order valence-electron chi connectivity index (χ1n) is 7.99.